The van der Waals surface area contributed by atoms with Crippen molar-refractivity contribution in [2.24, 2.45) is 0 Å². The van der Waals surface area contributed by atoms with Gasteiger partial charge in [0.05, 0.1) is 18.7 Å². The zero-order chi connectivity index (χ0) is 23.0. The van der Waals surface area contributed by atoms with Crippen molar-refractivity contribution < 1.29 is 14.3 Å². The number of hydrogen-bond donors (Lipinski definition) is 1. The van der Waals surface area contributed by atoms with E-state index < -0.39 is 6.04 Å². The second-order valence-electron chi connectivity index (χ2n) is 8.22. The highest BCUT2D eigenvalue weighted by molar-refractivity contribution is 7.10. The normalized spacial score (nSPS) is 14.6. The zero-order valence-corrected chi connectivity index (χ0v) is 19.7. The average molecular weight is 463 g/mol. The number of benzene rings is 2. The molecular weight excluding hydrogens is 432 g/mol. The van der Waals surface area contributed by atoms with E-state index in [1.54, 1.807) is 16.2 Å². The molecule has 172 valence electrons. The van der Waals surface area contributed by atoms with E-state index in [0.717, 1.165) is 36.1 Å². The Hall–Kier alpha value is -3.12. The Morgan fingerprint density at radius 2 is 1.76 bits per heavy atom. The number of rotatable bonds is 9. The van der Waals surface area contributed by atoms with E-state index in [4.69, 9.17) is 4.74 Å². The minimum Gasteiger partial charge on any atom is -0.492 e. The Bertz CT molecular complexity index is 1050. The topological polar surface area (TPSA) is 58.6 Å². The van der Waals surface area contributed by atoms with Crippen molar-refractivity contribution in [3.8, 4) is 5.75 Å². The molecule has 1 atom stereocenters. The van der Waals surface area contributed by atoms with Gasteiger partial charge >= 0.3 is 0 Å². The first-order valence-electron chi connectivity index (χ1n) is 11.6. The van der Waals surface area contributed by atoms with E-state index >= 15 is 0 Å². The number of carbonyl (C=O) groups is 2. The largest absolute Gasteiger partial charge is 0.492 e. The maximum atomic E-state index is 13.8. The fraction of sp³-hybridized carbons (Fsp3) is 0.333. The van der Waals surface area contributed by atoms with Gasteiger partial charge in [-0.05, 0) is 48.9 Å². The third-order valence-corrected chi connectivity index (χ3v) is 6.80. The van der Waals surface area contributed by atoms with E-state index in [9.17, 15) is 9.59 Å². The summed E-state index contributed by atoms with van der Waals surface area (Å²) in [7, 11) is 0. The smallest absolute Gasteiger partial charge is 0.248 e. The van der Waals surface area contributed by atoms with Crippen molar-refractivity contribution in [3.63, 3.8) is 0 Å². The molecule has 0 spiro atoms. The number of nitrogens with one attached hydrogen (secondary N) is 1. The van der Waals surface area contributed by atoms with Crippen LogP contribution in [0.3, 0.4) is 0 Å². The molecule has 3 aromatic rings. The van der Waals surface area contributed by atoms with Gasteiger partial charge in [0.1, 0.15) is 11.8 Å². The molecule has 1 aliphatic rings. The Labute approximate surface area is 199 Å². The van der Waals surface area contributed by atoms with Gasteiger partial charge in [0.25, 0.3) is 0 Å². The predicted octanol–water partition coefficient (Wildman–Crippen LogP) is 5.52. The number of hydrogen-bond acceptors (Lipinski definition) is 4. The number of thiophene rings is 1. The average Bonchev–Trinajstić information content (AvgIpc) is 3.53. The summed E-state index contributed by atoms with van der Waals surface area (Å²) in [5, 5.41) is 5.18. The van der Waals surface area contributed by atoms with Crippen molar-refractivity contribution >= 4 is 28.8 Å². The van der Waals surface area contributed by atoms with E-state index in [2.05, 4.69) is 5.32 Å². The molecule has 0 radical (unpaired) electrons. The molecule has 5 nitrogen and oxygen atoms in total. The highest BCUT2D eigenvalue weighted by Crippen LogP contribution is 2.36. The first-order valence-corrected chi connectivity index (χ1v) is 12.5. The number of amides is 2. The minimum absolute atomic E-state index is 0.139. The fourth-order valence-electron chi connectivity index (χ4n) is 4.40. The molecule has 0 bridgehead atoms. The monoisotopic (exact) mass is 462 g/mol. The van der Waals surface area contributed by atoms with Crippen molar-refractivity contribution in [2.75, 3.05) is 11.5 Å². The van der Waals surface area contributed by atoms with Crippen LogP contribution in [-0.4, -0.2) is 24.5 Å². The molecule has 1 heterocycles. The molecule has 0 saturated heterocycles. The van der Waals surface area contributed by atoms with E-state index in [0.29, 0.717) is 18.0 Å². The lowest BCUT2D eigenvalue weighted by Gasteiger charge is -2.33. The van der Waals surface area contributed by atoms with E-state index in [1.807, 2.05) is 79.0 Å². The summed E-state index contributed by atoms with van der Waals surface area (Å²) in [5.74, 6) is 0.299. The second-order valence-corrected chi connectivity index (χ2v) is 9.26. The van der Waals surface area contributed by atoms with Gasteiger partial charge in [-0.15, -0.1) is 11.3 Å². The van der Waals surface area contributed by atoms with Gasteiger partial charge in [-0.25, -0.2) is 0 Å². The third-order valence-electron chi connectivity index (χ3n) is 5.92. The molecule has 2 amide bonds. The van der Waals surface area contributed by atoms with Crippen LogP contribution in [0, 0.1) is 0 Å². The van der Waals surface area contributed by atoms with Crippen LogP contribution < -0.4 is 15.0 Å². The quantitative estimate of drug-likeness (QED) is 0.455. The van der Waals surface area contributed by atoms with E-state index in [-0.39, 0.29) is 24.3 Å². The molecule has 6 heteroatoms. The Balaban J connectivity index is 1.78. The molecule has 4 rings (SSSR count). The van der Waals surface area contributed by atoms with Gasteiger partial charge in [0.2, 0.25) is 11.8 Å². The number of ether oxygens (including phenoxy) is 1. The first kappa shape index (κ1) is 23.1. The van der Waals surface area contributed by atoms with Crippen LogP contribution in [0.25, 0.3) is 0 Å². The highest BCUT2D eigenvalue weighted by atomic mass is 32.1. The van der Waals surface area contributed by atoms with Crippen LogP contribution >= 0.6 is 11.3 Å². The van der Waals surface area contributed by atoms with Crippen LogP contribution in [0.1, 0.15) is 49.1 Å². The SMILES string of the molecule is CCOc1ccccc1N(C(=O)Cc1cccs1)C(C(=O)NC1CCCC1)c1ccccc1. The fourth-order valence-corrected chi connectivity index (χ4v) is 5.10. The van der Waals surface area contributed by atoms with Crippen LogP contribution in [0.5, 0.6) is 5.75 Å². The molecule has 1 aromatic heterocycles. The Morgan fingerprint density at radius 1 is 1.03 bits per heavy atom. The van der Waals surface area contributed by atoms with Gasteiger partial charge in [-0.1, -0.05) is 61.4 Å². The highest BCUT2D eigenvalue weighted by Gasteiger charge is 2.35. The third kappa shape index (κ3) is 5.63. The molecule has 1 saturated carbocycles. The summed E-state index contributed by atoms with van der Waals surface area (Å²) >= 11 is 1.54. The summed E-state index contributed by atoms with van der Waals surface area (Å²) in [5.41, 5.74) is 1.38. The molecule has 1 fully saturated rings. The maximum absolute atomic E-state index is 13.8. The van der Waals surface area contributed by atoms with Crippen molar-refractivity contribution in [2.45, 2.75) is 51.1 Å². The lowest BCUT2D eigenvalue weighted by atomic mass is 10.0. The molecule has 2 aromatic carbocycles. The number of nitrogens with zero attached hydrogens (tertiary/aromatic N) is 1. The Kier molecular flexibility index (Phi) is 7.79. The van der Waals surface area contributed by atoms with Gasteiger partial charge in [-0.2, -0.15) is 0 Å². The maximum Gasteiger partial charge on any atom is 0.248 e. The van der Waals surface area contributed by atoms with Crippen LogP contribution in [-0.2, 0) is 16.0 Å². The van der Waals surface area contributed by atoms with Gasteiger partial charge in [-0.3, -0.25) is 14.5 Å². The molecule has 33 heavy (non-hydrogen) atoms. The van der Waals surface area contributed by atoms with Crippen LogP contribution in [0.15, 0.2) is 72.1 Å². The lowest BCUT2D eigenvalue weighted by molar-refractivity contribution is -0.127. The predicted molar refractivity (Wildman–Crippen MR) is 133 cm³/mol. The summed E-state index contributed by atoms with van der Waals surface area (Å²) in [6, 6.07) is 20.3. The Morgan fingerprint density at radius 3 is 2.45 bits per heavy atom. The van der Waals surface area contributed by atoms with Gasteiger partial charge in [0.15, 0.2) is 0 Å². The molecule has 1 aliphatic carbocycles. The summed E-state index contributed by atoms with van der Waals surface area (Å²) < 4.78 is 5.88. The van der Waals surface area contributed by atoms with Crippen LogP contribution in [0.4, 0.5) is 5.69 Å². The summed E-state index contributed by atoms with van der Waals surface area (Å²) in [6.07, 6.45) is 4.42. The van der Waals surface area contributed by atoms with Crippen molar-refractivity contribution in [1.82, 2.24) is 5.32 Å². The number of anilines is 1. The van der Waals surface area contributed by atoms with E-state index in [1.165, 1.54) is 0 Å². The molecule has 1 unspecified atom stereocenters. The van der Waals surface area contributed by atoms with Crippen molar-refractivity contribution in [1.29, 1.82) is 0 Å². The second kappa shape index (κ2) is 11.1. The van der Waals surface area contributed by atoms with Gasteiger partial charge < -0.3 is 10.1 Å². The number of carbonyl (C=O) groups excluding carboxylic acids is 2. The molecule has 1 N–H and O–H groups in total. The molecular formula is C27H30N2O3S. The number of para-hydroxylation sites is 2. The lowest BCUT2D eigenvalue weighted by Crippen LogP contribution is -2.47. The van der Waals surface area contributed by atoms with Crippen molar-refractivity contribution in [3.05, 3.63) is 82.6 Å². The first-order chi connectivity index (χ1) is 16.2. The summed E-state index contributed by atoms with van der Waals surface area (Å²) in [4.78, 5) is 30.2. The molecule has 0 aliphatic heterocycles. The van der Waals surface area contributed by atoms with Crippen LogP contribution in [0.2, 0.25) is 0 Å². The minimum atomic E-state index is -0.791. The zero-order valence-electron chi connectivity index (χ0n) is 18.9. The van der Waals surface area contributed by atoms with Gasteiger partial charge in [0, 0.05) is 10.9 Å². The summed E-state index contributed by atoms with van der Waals surface area (Å²) in [6.45, 7) is 2.38. The standard InChI is InChI=1S/C27H30N2O3S/c1-2-32-24-17-9-8-16-23(24)29(25(30)19-22-15-10-18-33-22)26(20-11-4-3-5-12-20)27(31)28-21-13-6-7-14-21/h3-5,8-12,15-18,21,26H,2,6-7,13-14,19H2,1H3,(H,28,31).